The molecule has 0 fully saturated rings. The number of hydrogen-bond acceptors (Lipinski definition) is 3. The lowest BCUT2D eigenvalue weighted by Gasteiger charge is -2.18. The molecule has 0 bridgehead atoms. The van der Waals surface area contributed by atoms with Crippen molar-refractivity contribution in [1.82, 2.24) is 5.43 Å². The Morgan fingerprint density at radius 1 is 1.10 bits per heavy atom. The van der Waals surface area contributed by atoms with Crippen molar-refractivity contribution in [3.63, 3.8) is 0 Å². The molecule has 1 unspecified atom stereocenters. The fourth-order valence-electron chi connectivity index (χ4n) is 2.48. The van der Waals surface area contributed by atoms with Gasteiger partial charge in [0.05, 0.1) is 0 Å². The van der Waals surface area contributed by atoms with Crippen LogP contribution in [0.25, 0.3) is 0 Å². The third kappa shape index (κ3) is 5.88. The zero-order valence-electron chi connectivity index (χ0n) is 12.5. The second-order valence-corrected chi connectivity index (χ2v) is 5.40. The first kappa shape index (κ1) is 16.9. The summed E-state index contributed by atoms with van der Waals surface area (Å²) in [7, 11) is 0. The number of rotatable bonds is 10. The molecule has 20 heavy (non-hydrogen) atoms. The highest BCUT2D eigenvalue weighted by atomic mass is 19.1. The summed E-state index contributed by atoms with van der Waals surface area (Å²) in [6, 6.07) is 4.38. The fourth-order valence-corrected chi connectivity index (χ4v) is 2.48. The van der Waals surface area contributed by atoms with Crippen molar-refractivity contribution in [3.05, 3.63) is 29.6 Å². The van der Waals surface area contributed by atoms with Crippen molar-refractivity contribution < 1.29 is 4.39 Å². The molecule has 0 saturated carbocycles. The lowest BCUT2D eigenvalue weighted by molar-refractivity contribution is 0.474. The van der Waals surface area contributed by atoms with Crippen LogP contribution in [0.5, 0.6) is 0 Å². The molecule has 1 rings (SSSR count). The van der Waals surface area contributed by atoms with Gasteiger partial charge in [-0.2, -0.15) is 0 Å². The maximum absolute atomic E-state index is 13.3. The van der Waals surface area contributed by atoms with E-state index in [1.54, 1.807) is 6.07 Å². The van der Waals surface area contributed by atoms with E-state index in [1.165, 1.54) is 50.7 Å². The number of unbranched alkanes of at least 4 members (excludes halogenated alkanes) is 6. The Balaban J connectivity index is 2.34. The van der Waals surface area contributed by atoms with E-state index in [0.717, 1.165) is 18.4 Å². The summed E-state index contributed by atoms with van der Waals surface area (Å²) >= 11 is 0. The average Bonchev–Trinajstić information content (AvgIpc) is 2.45. The fraction of sp³-hybridized carbons (Fsp3) is 0.625. The molecule has 0 aliphatic carbocycles. The van der Waals surface area contributed by atoms with Gasteiger partial charge in [0.1, 0.15) is 5.82 Å². The molecule has 0 radical (unpaired) electrons. The molecule has 4 heteroatoms. The third-order valence-corrected chi connectivity index (χ3v) is 3.72. The quantitative estimate of drug-likeness (QED) is 0.262. The van der Waals surface area contributed by atoms with Crippen LogP contribution in [0.4, 0.5) is 10.1 Å². The predicted molar refractivity (Wildman–Crippen MR) is 83.5 cm³/mol. The summed E-state index contributed by atoms with van der Waals surface area (Å²) in [5.41, 5.74) is 10.00. The summed E-state index contributed by atoms with van der Waals surface area (Å²) < 4.78 is 13.3. The predicted octanol–water partition coefficient (Wildman–Crippen LogP) is 4.05. The van der Waals surface area contributed by atoms with E-state index in [-0.39, 0.29) is 11.9 Å². The number of nitrogens with one attached hydrogen (secondary N) is 1. The van der Waals surface area contributed by atoms with Crippen molar-refractivity contribution >= 4 is 5.69 Å². The second-order valence-electron chi connectivity index (χ2n) is 5.40. The topological polar surface area (TPSA) is 64.1 Å². The molecule has 1 atom stereocenters. The first-order valence-corrected chi connectivity index (χ1v) is 7.70. The SMILES string of the molecule is CCCCCCCCCC(NN)c1cc(F)ccc1N. The molecule has 0 heterocycles. The van der Waals surface area contributed by atoms with E-state index in [2.05, 4.69) is 12.3 Å². The van der Waals surface area contributed by atoms with Crippen LogP contribution < -0.4 is 17.0 Å². The molecular weight excluding hydrogens is 253 g/mol. The Kier molecular flexibility index (Phi) is 8.23. The van der Waals surface area contributed by atoms with Crippen LogP contribution in [0, 0.1) is 5.82 Å². The summed E-state index contributed by atoms with van der Waals surface area (Å²) in [5, 5.41) is 0. The molecule has 0 aromatic heterocycles. The Hall–Kier alpha value is -1.13. The van der Waals surface area contributed by atoms with Crippen molar-refractivity contribution in [3.8, 4) is 0 Å². The molecule has 5 N–H and O–H groups in total. The zero-order chi connectivity index (χ0) is 14.8. The molecular formula is C16H28FN3. The standard InChI is InChI=1S/C16H28FN3/c1-2-3-4-5-6-7-8-9-16(20-19)14-12-13(17)10-11-15(14)18/h10-12,16,20H,2-9,18-19H2,1H3. The lowest BCUT2D eigenvalue weighted by Crippen LogP contribution is -2.28. The van der Waals surface area contributed by atoms with E-state index >= 15 is 0 Å². The molecule has 0 aliphatic heterocycles. The van der Waals surface area contributed by atoms with Crippen LogP contribution in [0.2, 0.25) is 0 Å². The van der Waals surface area contributed by atoms with Gasteiger partial charge in [-0.25, -0.2) is 4.39 Å². The number of benzene rings is 1. The van der Waals surface area contributed by atoms with E-state index in [9.17, 15) is 4.39 Å². The van der Waals surface area contributed by atoms with E-state index in [4.69, 9.17) is 11.6 Å². The van der Waals surface area contributed by atoms with Crippen molar-refractivity contribution in [1.29, 1.82) is 0 Å². The molecule has 0 spiro atoms. The molecule has 3 nitrogen and oxygen atoms in total. The van der Waals surface area contributed by atoms with Gasteiger partial charge in [-0.15, -0.1) is 0 Å². The highest BCUT2D eigenvalue weighted by molar-refractivity contribution is 5.48. The van der Waals surface area contributed by atoms with Gasteiger partial charge in [-0.3, -0.25) is 11.3 Å². The first-order chi connectivity index (χ1) is 9.69. The Bertz CT molecular complexity index is 382. The summed E-state index contributed by atoms with van der Waals surface area (Å²) in [5.74, 6) is 5.31. The lowest BCUT2D eigenvalue weighted by atomic mass is 9.98. The van der Waals surface area contributed by atoms with Gasteiger partial charge in [0.15, 0.2) is 0 Å². The molecule has 1 aromatic rings. The number of halogens is 1. The van der Waals surface area contributed by atoms with Gasteiger partial charge in [0.2, 0.25) is 0 Å². The van der Waals surface area contributed by atoms with Crippen LogP contribution >= 0.6 is 0 Å². The molecule has 0 aliphatic rings. The van der Waals surface area contributed by atoms with Gasteiger partial charge in [-0.1, -0.05) is 51.9 Å². The van der Waals surface area contributed by atoms with Crippen LogP contribution in [-0.4, -0.2) is 0 Å². The van der Waals surface area contributed by atoms with Gasteiger partial charge in [-0.05, 0) is 30.2 Å². The van der Waals surface area contributed by atoms with Crippen molar-refractivity contribution in [2.45, 2.75) is 64.3 Å². The highest BCUT2D eigenvalue weighted by Crippen LogP contribution is 2.25. The minimum Gasteiger partial charge on any atom is -0.398 e. The van der Waals surface area contributed by atoms with Crippen LogP contribution in [0.3, 0.4) is 0 Å². The van der Waals surface area contributed by atoms with Gasteiger partial charge in [0, 0.05) is 11.7 Å². The van der Waals surface area contributed by atoms with Crippen molar-refractivity contribution in [2.24, 2.45) is 5.84 Å². The smallest absolute Gasteiger partial charge is 0.123 e. The van der Waals surface area contributed by atoms with Gasteiger partial charge >= 0.3 is 0 Å². The second kappa shape index (κ2) is 9.72. The third-order valence-electron chi connectivity index (χ3n) is 3.72. The zero-order valence-corrected chi connectivity index (χ0v) is 12.5. The van der Waals surface area contributed by atoms with Crippen LogP contribution in [-0.2, 0) is 0 Å². The maximum Gasteiger partial charge on any atom is 0.123 e. The van der Waals surface area contributed by atoms with Crippen LogP contribution in [0.15, 0.2) is 18.2 Å². The average molecular weight is 281 g/mol. The van der Waals surface area contributed by atoms with E-state index < -0.39 is 0 Å². The molecule has 0 saturated heterocycles. The largest absolute Gasteiger partial charge is 0.398 e. The van der Waals surface area contributed by atoms with Gasteiger partial charge in [0.25, 0.3) is 0 Å². The Morgan fingerprint density at radius 3 is 2.40 bits per heavy atom. The monoisotopic (exact) mass is 281 g/mol. The van der Waals surface area contributed by atoms with E-state index in [0.29, 0.717) is 5.69 Å². The van der Waals surface area contributed by atoms with Crippen molar-refractivity contribution in [2.75, 3.05) is 5.73 Å². The normalized spacial score (nSPS) is 12.6. The summed E-state index contributed by atoms with van der Waals surface area (Å²) in [6.07, 6.45) is 9.65. The maximum atomic E-state index is 13.3. The van der Waals surface area contributed by atoms with Gasteiger partial charge < -0.3 is 5.73 Å². The molecule has 1 aromatic carbocycles. The summed E-state index contributed by atoms with van der Waals surface area (Å²) in [4.78, 5) is 0. The number of nitrogen functional groups attached to an aromatic ring is 1. The van der Waals surface area contributed by atoms with E-state index in [1.807, 2.05) is 0 Å². The Labute approximate surface area is 121 Å². The molecule has 114 valence electrons. The first-order valence-electron chi connectivity index (χ1n) is 7.70. The minimum absolute atomic E-state index is 0.0682. The minimum atomic E-state index is -0.269. The summed E-state index contributed by atoms with van der Waals surface area (Å²) in [6.45, 7) is 2.22. The number of nitrogens with two attached hydrogens (primary N) is 2. The number of hydrogen-bond donors (Lipinski definition) is 3. The molecule has 0 amide bonds. The number of hydrazine groups is 1. The Morgan fingerprint density at radius 2 is 1.75 bits per heavy atom. The number of anilines is 1. The highest BCUT2D eigenvalue weighted by Gasteiger charge is 2.13. The van der Waals surface area contributed by atoms with Crippen LogP contribution in [0.1, 0.15) is 69.9 Å².